The van der Waals surface area contributed by atoms with Crippen molar-refractivity contribution in [3.8, 4) is 0 Å². The highest BCUT2D eigenvalue weighted by Crippen LogP contribution is 2.22. The Morgan fingerprint density at radius 1 is 1.04 bits per heavy atom. The molecule has 2 fully saturated rings. The Morgan fingerprint density at radius 3 is 2.54 bits per heavy atom. The Morgan fingerprint density at radius 2 is 1.77 bits per heavy atom. The van der Waals surface area contributed by atoms with Crippen LogP contribution in [0.3, 0.4) is 0 Å². The van der Waals surface area contributed by atoms with Gasteiger partial charge in [-0.05, 0) is 36.5 Å². The molecule has 2 aromatic rings. The minimum absolute atomic E-state index is 0.00329. The lowest BCUT2D eigenvalue weighted by Crippen LogP contribution is -2.53. The summed E-state index contributed by atoms with van der Waals surface area (Å²) in [6.45, 7) is 3.86. The summed E-state index contributed by atoms with van der Waals surface area (Å²) in [5, 5.41) is 0.669. The molecule has 0 bridgehead atoms. The Labute approximate surface area is 158 Å². The average molecular weight is 372 g/mol. The van der Waals surface area contributed by atoms with Gasteiger partial charge in [-0.3, -0.25) is 14.5 Å². The summed E-state index contributed by atoms with van der Waals surface area (Å²) in [7, 11) is 0. The molecule has 6 heteroatoms. The Balaban J connectivity index is 1.40. The Kier molecular flexibility index (Phi) is 5.31. The number of fused-ring (bicyclic) bond motifs is 1. The van der Waals surface area contributed by atoms with Crippen LogP contribution in [0.2, 0.25) is 0 Å². The minimum Gasteiger partial charge on any atom is -0.339 e. The van der Waals surface area contributed by atoms with Crippen LogP contribution in [0, 0.1) is 0 Å². The standard InChI is InChI=1S/C20H25N3O2S/c24-19-5-8-23(18-4-2-1-3-17(18)19)15-20(25)22-11-9-21(10-12-22)16-6-13-26-14-7-16/h1-5,8,16H,6-7,9-15H2. The third kappa shape index (κ3) is 3.67. The highest BCUT2D eigenvalue weighted by Gasteiger charge is 2.27. The van der Waals surface area contributed by atoms with Crippen LogP contribution in [-0.4, -0.2) is 64.0 Å². The van der Waals surface area contributed by atoms with E-state index in [0.717, 1.165) is 31.7 Å². The fraction of sp³-hybridized carbons (Fsp3) is 0.500. The van der Waals surface area contributed by atoms with E-state index in [2.05, 4.69) is 16.7 Å². The first kappa shape index (κ1) is 17.6. The maximum Gasteiger partial charge on any atom is 0.242 e. The molecule has 1 aromatic heterocycles. The van der Waals surface area contributed by atoms with Gasteiger partial charge < -0.3 is 9.47 Å². The smallest absolute Gasteiger partial charge is 0.242 e. The quantitative estimate of drug-likeness (QED) is 0.828. The zero-order valence-corrected chi connectivity index (χ0v) is 15.8. The summed E-state index contributed by atoms with van der Waals surface area (Å²) in [6, 6.07) is 9.75. The number of rotatable bonds is 3. The SMILES string of the molecule is O=C(Cn1ccc(=O)c2ccccc21)N1CCN(C2CCSCC2)CC1. The summed E-state index contributed by atoms with van der Waals surface area (Å²) in [5.74, 6) is 2.67. The number of aromatic nitrogens is 1. The molecule has 0 spiro atoms. The van der Waals surface area contributed by atoms with Crippen LogP contribution in [0.25, 0.3) is 10.9 Å². The zero-order chi connectivity index (χ0) is 17.9. The largest absolute Gasteiger partial charge is 0.339 e. The molecule has 1 aromatic carbocycles. The summed E-state index contributed by atoms with van der Waals surface area (Å²) in [4.78, 5) is 29.3. The summed E-state index contributed by atoms with van der Waals surface area (Å²) in [6.07, 6.45) is 4.29. The molecular formula is C20H25N3O2S. The molecule has 138 valence electrons. The highest BCUT2D eigenvalue weighted by molar-refractivity contribution is 7.99. The number of thioether (sulfide) groups is 1. The van der Waals surface area contributed by atoms with Crippen molar-refractivity contribution < 1.29 is 4.79 Å². The van der Waals surface area contributed by atoms with Gasteiger partial charge in [0.15, 0.2) is 5.43 Å². The maximum absolute atomic E-state index is 12.8. The number of hydrogen-bond acceptors (Lipinski definition) is 4. The Hall–Kier alpha value is -1.79. The van der Waals surface area contributed by atoms with Crippen molar-refractivity contribution in [2.24, 2.45) is 0 Å². The molecule has 2 aliphatic rings. The second-order valence-corrected chi connectivity index (χ2v) is 8.31. The van der Waals surface area contributed by atoms with Crippen molar-refractivity contribution in [3.63, 3.8) is 0 Å². The van der Waals surface area contributed by atoms with Crippen LogP contribution in [-0.2, 0) is 11.3 Å². The van der Waals surface area contributed by atoms with Crippen molar-refractivity contribution >= 4 is 28.6 Å². The molecule has 0 N–H and O–H groups in total. The topological polar surface area (TPSA) is 45.6 Å². The zero-order valence-electron chi connectivity index (χ0n) is 15.0. The van der Waals surface area contributed by atoms with Gasteiger partial charge in [-0.2, -0.15) is 11.8 Å². The molecule has 3 heterocycles. The van der Waals surface area contributed by atoms with Gasteiger partial charge in [0.25, 0.3) is 0 Å². The monoisotopic (exact) mass is 371 g/mol. The number of piperazine rings is 1. The minimum atomic E-state index is 0.00329. The second-order valence-electron chi connectivity index (χ2n) is 7.09. The van der Waals surface area contributed by atoms with Crippen LogP contribution >= 0.6 is 11.8 Å². The van der Waals surface area contributed by atoms with E-state index in [-0.39, 0.29) is 11.3 Å². The number of para-hydroxylation sites is 1. The van der Waals surface area contributed by atoms with Crippen LogP contribution in [0.1, 0.15) is 12.8 Å². The maximum atomic E-state index is 12.8. The molecule has 1 amide bonds. The van der Waals surface area contributed by atoms with Gasteiger partial charge in [0.1, 0.15) is 6.54 Å². The van der Waals surface area contributed by atoms with Crippen LogP contribution < -0.4 is 5.43 Å². The van der Waals surface area contributed by atoms with E-state index in [1.807, 2.05) is 33.7 Å². The van der Waals surface area contributed by atoms with Gasteiger partial charge in [-0.1, -0.05) is 12.1 Å². The van der Waals surface area contributed by atoms with Gasteiger partial charge in [0, 0.05) is 49.9 Å². The van der Waals surface area contributed by atoms with Crippen molar-refractivity contribution in [2.45, 2.75) is 25.4 Å². The van der Waals surface area contributed by atoms with E-state index in [9.17, 15) is 9.59 Å². The molecule has 4 rings (SSSR count). The number of carbonyl (C=O) groups is 1. The molecule has 0 atom stereocenters. The lowest BCUT2D eigenvalue weighted by Gasteiger charge is -2.40. The molecule has 2 aliphatic heterocycles. The van der Waals surface area contributed by atoms with E-state index in [1.54, 1.807) is 12.3 Å². The van der Waals surface area contributed by atoms with E-state index < -0.39 is 0 Å². The second kappa shape index (κ2) is 7.84. The van der Waals surface area contributed by atoms with Gasteiger partial charge in [0.05, 0.1) is 5.52 Å². The molecule has 2 saturated heterocycles. The van der Waals surface area contributed by atoms with Crippen molar-refractivity contribution in [2.75, 3.05) is 37.7 Å². The van der Waals surface area contributed by atoms with Gasteiger partial charge in [-0.15, -0.1) is 0 Å². The van der Waals surface area contributed by atoms with E-state index in [0.29, 0.717) is 18.0 Å². The van der Waals surface area contributed by atoms with E-state index in [1.165, 1.54) is 24.3 Å². The van der Waals surface area contributed by atoms with E-state index >= 15 is 0 Å². The molecule has 0 aliphatic carbocycles. The van der Waals surface area contributed by atoms with Crippen molar-refractivity contribution in [1.82, 2.24) is 14.4 Å². The normalized spacial score (nSPS) is 19.8. The summed E-state index contributed by atoms with van der Waals surface area (Å²) >= 11 is 2.05. The summed E-state index contributed by atoms with van der Waals surface area (Å²) in [5.41, 5.74) is 0.829. The number of hydrogen-bond donors (Lipinski definition) is 0. The molecule has 0 radical (unpaired) electrons. The van der Waals surface area contributed by atoms with Gasteiger partial charge in [0.2, 0.25) is 5.91 Å². The number of carbonyl (C=O) groups excluding carboxylic acids is 1. The molecule has 5 nitrogen and oxygen atoms in total. The third-order valence-corrected chi connectivity index (χ3v) is 6.61. The van der Waals surface area contributed by atoms with Crippen LogP contribution in [0.15, 0.2) is 41.3 Å². The molecule has 0 unspecified atom stereocenters. The molecule has 0 saturated carbocycles. The first-order valence-electron chi connectivity index (χ1n) is 9.40. The van der Waals surface area contributed by atoms with E-state index in [4.69, 9.17) is 0 Å². The van der Waals surface area contributed by atoms with Crippen LogP contribution in [0.5, 0.6) is 0 Å². The molecular weight excluding hydrogens is 346 g/mol. The molecule has 26 heavy (non-hydrogen) atoms. The first-order valence-corrected chi connectivity index (χ1v) is 10.6. The Bertz CT molecular complexity index is 836. The fourth-order valence-corrected chi connectivity index (χ4v) is 5.11. The summed E-state index contributed by atoms with van der Waals surface area (Å²) < 4.78 is 1.89. The lowest BCUT2D eigenvalue weighted by atomic mass is 10.1. The van der Waals surface area contributed by atoms with Gasteiger partial charge >= 0.3 is 0 Å². The number of pyridine rings is 1. The van der Waals surface area contributed by atoms with Gasteiger partial charge in [-0.25, -0.2) is 0 Å². The lowest BCUT2D eigenvalue weighted by molar-refractivity contribution is -0.133. The predicted octanol–water partition coefficient (Wildman–Crippen LogP) is 2.04. The predicted molar refractivity (Wildman–Crippen MR) is 107 cm³/mol. The van der Waals surface area contributed by atoms with Crippen LogP contribution in [0.4, 0.5) is 0 Å². The fourth-order valence-electron chi connectivity index (χ4n) is 4.03. The number of benzene rings is 1. The first-order chi connectivity index (χ1) is 12.7. The third-order valence-electron chi connectivity index (χ3n) is 5.56. The van der Waals surface area contributed by atoms with Crippen molar-refractivity contribution in [1.29, 1.82) is 0 Å². The highest BCUT2D eigenvalue weighted by atomic mass is 32.2. The van der Waals surface area contributed by atoms with Crippen molar-refractivity contribution in [3.05, 3.63) is 46.8 Å². The number of amides is 1. The average Bonchev–Trinajstić information content (AvgIpc) is 2.71. The number of nitrogens with zero attached hydrogens (tertiary/aromatic N) is 3.